The standard InChI is InChI=1S/C17H16FN3O3S/c1-9-11(3)25-17(19-9)20-16(22)15-14(10(2)24-21-15)8-23-13-6-4-5-12(18)7-13/h4-7H,8H2,1-3H3,(H,19,20,22). The van der Waals surface area contributed by atoms with E-state index in [-0.39, 0.29) is 12.3 Å². The first-order chi connectivity index (χ1) is 11.9. The molecule has 1 aromatic carbocycles. The third-order valence-corrected chi connectivity index (χ3v) is 4.62. The number of nitrogens with one attached hydrogen (secondary N) is 1. The quantitative estimate of drug-likeness (QED) is 0.742. The van der Waals surface area contributed by atoms with E-state index < -0.39 is 11.7 Å². The monoisotopic (exact) mass is 361 g/mol. The molecule has 1 amide bonds. The topological polar surface area (TPSA) is 77.3 Å². The number of hydrogen-bond donors (Lipinski definition) is 1. The van der Waals surface area contributed by atoms with Gasteiger partial charge in [0.15, 0.2) is 10.8 Å². The van der Waals surface area contributed by atoms with Gasteiger partial charge in [-0.2, -0.15) is 0 Å². The summed E-state index contributed by atoms with van der Waals surface area (Å²) in [6, 6.07) is 5.77. The molecule has 8 heteroatoms. The van der Waals surface area contributed by atoms with E-state index in [1.165, 1.54) is 23.5 Å². The molecule has 25 heavy (non-hydrogen) atoms. The van der Waals surface area contributed by atoms with Crippen molar-refractivity contribution in [2.75, 3.05) is 5.32 Å². The maximum absolute atomic E-state index is 13.2. The summed E-state index contributed by atoms with van der Waals surface area (Å²) < 4.78 is 23.9. The van der Waals surface area contributed by atoms with E-state index in [4.69, 9.17) is 9.26 Å². The molecule has 0 fully saturated rings. The second-order valence-electron chi connectivity index (χ2n) is 5.43. The fourth-order valence-corrected chi connectivity index (χ4v) is 2.94. The van der Waals surface area contributed by atoms with Gasteiger partial charge in [0.25, 0.3) is 5.91 Å². The number of benzene rings is 1. The van der Waals surface area contributed by atoms with Crippen LogP contribution in [0.1, 0.15) is 32.4 Å². The van der Waals surface area contributed by atoms with Crippen LogP contribution in [0, 0.1) is 26.6 Å². The number of anilines is 1. The van der Waals surface area contributed by atoms with Gasteiger partial charge in [-0.25, -0.2) is 9.37 Å². The van der Waals surface area contributed by atoms with Crippen LogP contribution >= 0.6 is 11.3 Å². The van der Waals surface area contributed by atoms with Crippen LogP contribution in [0.15, 0.2) is 28.8 Å². The summed E-state index contributed by atoms with van der Waals surface area (Å²) >= 11 is 1.39. The minimum absolute atomic E-state index is 0.0392. The van der Waals surface area contributed by atoms with Crippen LogP contribution < -0.4 is 10.1 Å². The molecule has 0 aliphatic rings. The van der Waals surface area contributed by atoms with Crippen molar-refractivity contribution in [3.8, 4) is 5.75 Å². The average Bonchev–Trinajstić information content (AvgIpc) is 3.08. The smallest absolute Gasteiger partial charge is 0.280 e. The molecule has 0 aliphatic carbocycles. The molecular formula is C17H16FN3O3S. The van der Waals surface area contributed by atoms with Gasteiger partial charge in [0, 0.05) is 10.9 Å². The van der Waals surface area contributed by atoms with Gasteiger partial charge in [0.1, 0.15) is 23.9 Å². The van der Waals surface area contributed by atoms with Crippen molar-refractivity contribution >= 4 is 22.4 Å². The Hall–Kier alpha value is -2.74. The Balaban J connectivity index is 1.75. The fraction of sp³-hybridized carbons (Fsp3) is 0.235. The molecule has 0 spiro atoms. The Morgan fingerprint density at radius 3 is 2.84 bits per heavy atom. The Morgan fingerprint density at radius 1 is 1.36 bits per heavy atom. The number of carbonyl (C=O) groups excluding carboxylic acids is 1. The number of rotatable bonds is 5. The molecule has 2 heterocycles. The summed E-state index contributed by atoms with van der Waals surface area (Å²) in [7, 11) is 0. The van der Waals surface area contributed by atoms with Crippen molar-refractivity contribution in [3.63, 3.8) is 0 Å². The summed E-state index contributed by atoms with van der Waals surface area (Å²) in [5.41, 5.74) is 1.50. The molecule has 0 unspecified atom stereocenters. The van der Waals surface area contributed by atoms with Crippen molar-refractivity contribution in [1.29, 1.82) is 0 Å². The third kappa shape index (κ3) is 3.85. The van der Waals surface area contributed by atoms with Crippen molar-refractivity contribution in [1.82, 2.24) is 10.1 Å². The van der Waals surface area contributed by atoms with Gasteiger partial charge >= 0.3 is 0 Å². The zero-order valence-electron chi connectivity index (χ0n) is 13.9. The second-order valence-corrected chi connectivity index (χ2v) is 6.63. The van der Waals surface area contributed by atoms with Crippen LogP contribution in [0.2, 0.25) is 0 Å². The van der Waals surface area contributed by atoms with E-state index in [1.807, 2.05) is 13.8 Å². The van der Waals surface area contributed by atoms with Crippen molar-refractivity contribution in [3.05, 3.63) is 57.7 Å². The van der Waals surface area contributed by atoms with E-state index in [9.17, 15) is 9.18 Å². The van der Waals surface area contributed by atoms with E-state index in [0.717, 1.165) is 10.6 Å². The Morgan fingerprint density at radius 2 is 2.16 bits per heavy atom. The first-order valence-electron chi connectivity index (χ1n) is 7.53. The minimum Gasteiger partial charge on any atom is -0.489 e. The highest BCUT2D eigenvalue weighted by Gasteiger charge is 2.21. The van der Waals surface area contributed by atoms with E-state index in [0.29, 0.717) is 22.2 Å². The van der Waals surface area contributed by atoms with Gasteiger partial charge in [0.2, 0.25) is 0 Å². The number of hydrogen-bond acceptors (Lipinski definition) is 6. The number of carbonyl (C=O) groups is 1. The zero-order valence-corrected chi connectivity index (χ0v) is 14.7. The number of amides is 1. The molecule has 3 rings (SSSR count). The number of thiazole rings is 1. The lowest BCUT2D eigenvalue weighted by Gasteiger charge is -2.06. The van der Waals surface area contributed by atoms with Gasteiger partial charge < -0.3 is 9.26 Å². The molecule has 130 valence electrons. The number of halogens is 1. The molecule has 0 saturated carbocycles. The highest BCUT2D eigenvalue weighted by atomic mass is 32.1. The largest absolute Gasteiger partial charge is 0.489 e. The Labute approximate surface area is 147 Å². The predicted molar refractivity (Wildman–Crippen MR) is 91.5 cm³/mol. The first-order valence-corrected chi connectivity index (χ1v) is 8.34. The first kappa shape index (κ1) is 17.1. The van der Waals surface area contributed by atoms with Crippen molar-refractivity contribution in [2.45, 2.75) is 27.4 Å². The van der Waals surface area contributed by atoms with Crippen LogP contribution in [0.3, 0.4) is 0 Å². The minimum atomic E-state index is -0.427. The molecular weight excluding hydrogens is 345 g/mol. The number of aryl methyl sites for hydroxylation is 3. The van der Waals surface area contributed by atoms with Gasteiger partial charge in [-0.3, -0.25) is 10.1 Å². The highest BCUT2D eigenvalue weighted by molar-refractivity contribution is 7.15. The maximum atomic E-state index is 13.2. The summed E-state index contributed by atoms with van der Waals surface area (Å²) in [5.74, 6) is 0.00152. The SMILES string of the molecule is Cc1nc(NC(=O)c2noc(C)c2COc2cccc(F)c2)sc1C. The molecule has 1 N–H and O–H groups in total. The Kier molecular flexibility index (Phi) is 4.80. The summed E-state index contributed by atoms with van der Waals surface area (Å²) in [4.78, 5) is 17.8. The van der Waals surface area contributed by atoms with Crippen LogP contribution in [-0.4, -0.2) is 16.0 Å². The zero-order chi connectivity index (χ0) is 18.0. The fourth-order valence-electron chi connectivity index (χ4n) is 2.13. The molecule has 0 saturated heterocycles. The van der Waals surface area contributed by atoms with Gasteiger partial charge in [0.05, 0.1) is 11.3 Å². The average molecular weight is 361 g/mol. The van der Waals surface area contributed by atoms with Gasteiger partial charge in [-0.1, -0.05) is 11.2 Å². The van der Waals surface area contributed by atoms with Crippen LogP contribution in [-0.2, 0) is 6.61 Å². The normalized spacial score (nSPS) is 10.7. The number of nitrogens with zero attached hydrogens (tertiary/aromatic N) is 2. The summed E-state index contributed by atoms with van der Waals surface area (Å²) in [6.45, 7) is 5.53. The van der Waals surface area contributed by atoms with Crippen LogP contribution in [0.4, 0.5) is 9.52 Å². The summed E-state index contributed by atoms with van der Waals surface area (Å²) in [6.07, 6.45) is 0. The van der Waals surface area contributed by atoms with Crippen LogP contribution in [0.25, 0.3) is 0 Å². The molecule has 2 aromatic heterocycles. The van der Waals surface area contributed by atoms with Crippen LogP contribution in [0.5, 0.6) is 5.75 Å². The lowest BCUT2D eigenvalue weighted by molar-refractivity contribution is 0.101. The molecule has 0 bridgehead atoms. The van der Waals surface area contributed by atoms with E-state index >= 15 is 0 Å². The van der Waals surface area contributed by atoms with Crippen molar-refractivity contribution < 1.29 is 18.4 Å². The summed E-state index contributed by atoms with van der Waals surface area (Å²) in [5, 5.41) is 7.02. The number of ether oxygens (including phenoxy) is 1. The molecule has 0 radical (unpaired) electrons. The second kappa shape index (κ2) is 7.02. The maximum Gasteiger partial charge on any atom is 0.280 e. The third-order valence-electron chi connectivity index (χ3n) is 3.63. The molecule has 0 aliphatic heterocycles. The Bertz CT molecular complexity index is 900. The van der Waals surface area contributed by atoms with Gasteiger partial charge in [-0.15, -0.1) is 11.3 Å². The predicted octanol–water partition coefficient (Wildman–Crippen LogP) is 4.03. The molecule has 0 atom stereocenters. The highest BCUT2D eigenvalue weighted by Crippen LogP contribution is 2.23. The molecule has 3 aromatic rings. The number of aromatic nitrogens is 2. The van der Waals surface area contributed by atoms with Gasteiger partial charge in [-0.05, 0) is 32.9 Å². The lowest BCUT2D eigenvalue weighted by atomic mass is 10.2. The van der Waals surface area contributed by atoms with E-state index in [1.54, 1.807) is 19.1 Å². The molecule has 6 nitrogen and oxygen atoms in total. The van der Waals surface area contributed by atoms with E-state index in [2.05, 4.69) is 15.5 Å². The lowest BCUT2D eigenvalue weighted by Crippen LogP contribution is -2.15. The van der Waals surface area contributed by atoms with Crippen molar-refractivity contribution in [2.24, 2.45) is 0 Å².